The van der Waals surface area contributed by atoms with Gasteiger partial charge in [0, 0.05) is 16.9 Å². The monoisotopic (exact) mass is 375 g/mol. The third-order valence-corrected chi connectivity index (χ3v) is 5.94. The molecule has 3 heterocycles. The first kappa shape index (κ1) is 16.1. The number of aromatic amines is 1. The van der Waals surface area contributed by atoms with Gasteiger partial charge in [-0.2, -0.15) is 5.10 Å². The van der Waals surface area contributed by atoms with E-state index in [-0.39, 0.29) is 5.69 Å². The van der Waals surface area contributed by atoms with Gasteiger partial charge in [-0.3, -0.25) is 4.57 Å². The molecule has 1 N–H and O–H groups in total. The summed E-state index contributed by atoms with van der Waals surface area (Å²) >= 11 is 1.66. The van der Waals surface area contributed by atoms with Crippen molar-refractivity contribution < 1.29 is 4.74 Å². The predicted octanol–water partition coefficient (Wildman–Crippen LogP) is 3.95. The molecule has 0 saturated carbocycles. The molecule has 0 atom stereocenters. The molecule has 5 rings (SSSR count). The Morgan fingerprint density at radius 1 is 1.11 bits per heavy atom. The number of thiophene rings is 1. The van der Waals surface area contributed by atoms with E-state index in [4.69, 9.17) is 4.74 Å². The van der Waals surface area contributed by atoms with Crippen LogP contribution in [0.2, 0.25) is 0 Å². The van der Waals surface area contributed by atoms with Crippen molar-refractivity contribution in [3.63, 3.8) is 0 Å². The average molecular weight is 375 g/mol. The summed E-state index contributed by atoms with van der Waals surface area (Å²) in [5.74, 6) is 1.59. The maximum absolute atomic E-state index is 12.3. The number of hydrogen-bond acceptors (Lipinski definition) is 4. The first-order valence-corrected chi connectivity index (χ1v) is 9.65. The highest BCUT2D eigenvalue weighted by molar-refractivity contribution is 7.19. The summed E-state index contributed by atoms with van der Waals surface area (Å²) in [4.78, 5) is 14.5. The molecule has 0 unspecified atom stereocenters. The smallest absolute Gasteiger partial charge is 0.343 e. The van der Waals surface area contributed by atoms with E-state index in [2.05, 4.69) is 22.3 Å². The van der Waals surface area contributed by atoms with Crippen LogP contribution in [0.25, 0.3) is 21.1 Å². The van der Waals surface area contributed by atoms with Crippen molar-refractivity contribution in [2.45, 2.75) is 13.0 Å². The van der Waals surface area contributed by atoms with Crippen LogP contribution >= 0.6 is 11.3 Å². The number of benzene rings is 2. The second-order valence-corrected chi connectivity index (χ2v) is 7.54. The van der Waals surface area contributed by atoms with Gasteiger partial charge in [-0.1, -0.05) is 42.5 Å². The van der Waals surface area contributed by atoms with E-state index in [0.717, 1.165) is 28.2 Å². The number of H-pyrrole nitrogens is 1. The van der Waals surface area contributed by atoms with Gasteiger partial charge in [0.1, 0.15) is 5.75 Å². The summed E-state index contributed by atoms with van der Waals surface area (Å²) < 4.78 is 7.57. The van der Waals surface area contributed by atoms with Gasteiger partial charge in [-0.05, 0) is 29.3 Å². The second kappa shape index (κ2) is 6.55. The van der Waals surface area contributed by atoms with Crippen molar-refractivity contribution >= 4 is 11.3 Å². The van der Waals surface area contributed by atoms with Gasteiger partial charge in [0.2, 0.25) is 0 Å². The summed E-state index contributed by atoms with van der Waals surface area (Å²) in [5.41, 5.74) is 3.22. The number of rotatable bonds is 3. The minimum absolute atomic E-state index is 0.193. The molecular formula is C21H17N3O2S. The number of nitrogens with zero attached hydrogens (tertiary/aromatic N) is 2. The van der Waals surface area contributed by atoms with Crippen LogP contribution in [0.5, 0.6) is 5.75 Å². The highest BCUT2D eigenvalue weighted by Gasteiger charge is 2.21. The van der Waals surface area contributed by atoms with E-state index in [1.807, 2.05) is 48.5 Å². The molecule has 5 nitrogen and oxygen atoms in total. The van der Waals surface area contributed by atoms with Crippen molar-refractivity contribution in [3.05, 3.63) is 82.3 Å². The molecule has 0 fully saturated rings. The standard InChI is InChI=1S/C21H17N3O2S/c25-21-23-22-20(24(21)13-14-6-2-1-3-7-14)18-12-15-10-11-26-17-9-5-4-8-16(17)19(15)27-18/h1-9,12H,10-11,13H2,(H,23,25). The van der Waals surface area contributed by atoms with E-state index < -0.39 is 0 Å². The molecule has 0 saturated heterocycles. The molecule has 0 bridgehead atoms. The summed E-state index contributed by atoms with van der Waals surface area (Å²) in [6, 6.07) is 20.2. The van der Waals surface area contributed by atoms with Gasteiger partial charge < -0.3 is 4.74 Å². The molecule has 134 valence electrons. The zero-order valence-corrected chi connectivity index (χ0v) is 15.3. The van der Waals surface area contributed by atoms with Gasteiger partial charge in [0.15, 0.2) is 5.82 Å². The maximum atomic E-state index is 12.3. The molecular weight excluding hydrogens is 358 g/mol. The van der Waals surface area contributed by atoms with Crippen LogP contribution in [-0.2, 0) is 13.0 Å². The molecule has 0 radical (unpaired) electrons. The third-order valence-electron chi connectivity index (χ3n) is 4.73. The Balaban J connectivity index is 1.60. The van der Waals surface area contributed by atoms with E-state index in [0.29, 0.717) is 19.0 Å². The van der Waals surface area contributed by atoms with Gasteiger partial charge in [0.25, 0.3) is 0 Å². The molecule has 2 aromatic carbocycles. The summed E-state index contributed by atoms with van der Waals surface area (Å²) in [6.45, 7) is 1.14. The normalized spacial score (nSPS) is 12.7. The fourth-order valence-electron chi connectivity index (χ4n) is 3.42. The van der Waals surface area contributed by atoms with Crippen molar-refractivity contribution in [1.82, 2.24) is 14.8 Å². The summed E-state index contributed by atoms with van der Waals surface area (Å²) in [5, 5.41) is 6.92. The molecule has 27 heavy (non-hydrogen) atoms. The Bertz CT molecular complexity index is 1160. The fraction of sp³-hybridized carbons (Fsp3) is 0.143. The Morgan fingerprint density at radius 2 is 1.93 bits per heavy atom. The zero-order chi connectivity index (χ0) is 18.2. The molecule has 0 aliphatic carbocycles. The van der Waals surface area contributed by atoms with Crippen LogP contribution in [0, 0.1) is 0 Å². The lowest BCUT2D eigenvalue weighted by atomic mass is 10.1. The van der Waals surface area contributed by atoms with E-state index in [1.54, 1.807) is 15.9 Å². The molecule has 6 heteroatoms. The molecule has 4 aromatic rings. The van der Waals surface area contributed by atoms with Gasteiger partial charge in [0.05, 0.1) is 18.0 Å². The molecule has 2 aromatic heterocycles. The Morgan fingerprint density at radius 3 is 2.81 bits per heavy atom. The summed E-state index contributed by atoms with van der Waals surface area (Å²) in [6.07, 6.45) is 0.841. The Labute approximate surface area is 159 Å². The van der Waals surface area contributed by atoms with Crippen molar-refractivity contribution in [1.29, 1.82) is 0 Å². The Kier molecular flexibility index (Phi) is 3.90. The highest BCUT2D eigenvalue weighted by Crippen LogP contribution is 2.43. The number of hydrogen-bond donors (Lipinski definition) is 1. The number of ether oxygens (including phenoxy) is 1. The lowest BCUT2D eigenvalue weighted by Crippen LogP contribution is -2.18. The van der Waals surface area contributed by atoms with Gasteiger partial charge in [-0.15, -0.1) is 11.3 Å². The van der Waals surface area contributed by atoms with Crippen LogP contribution in [0.3, 0.4) is 0 Å². The first-order valence-electron chi connectivity index (χ1n) is 8.84. The second-order valence-electron chi connectivity index (χ2n) is 6.48. The zero-order valence-electron chi connectivity index (χ0n) is 14.5. The van der Waals surface area contributed by atoms with Crippen molar-refractivity contribution in [3.8, 4) is 26.9 Å². The van der Waals surface area contributed by atoms with Gasteiger partial charge >= 0.3 is 5.69 Å². The SMILES string of the molecule is O=c1[nH]nc(-c2cc3c(s2)-c2ccccc2OCC3)n1Cc1ccccc1. The van der Waals surface area contributed by atoms with Crippen LogP contribution in [-0.4, -0.2) is 21.4 Å². The Hall–Kier alpha value is -3.12. The highest BCUT2D eigenvalue weighted by atomic mass is 32.1. The van der Waals surface area contributed by atoms with Crippen LogP contribution in [0.1, 0.15) is 11.1 Å². The van der Waals surface area contributed by atoms with Gasteiger partial charge in [-0.25, -0.2) is 9.89 Å². The average Bonchev–Trinajstić information content (AvgIpc) is 3.22. The quantitative estimate of drug-likeness (QED) is 0.590. The number of aromatic nitrogens is 3. The van der Waals surface area contributed by atoms with Crippen LogP contribution < -0.4 is 10.4 Å². The maximum Gasteiger partial charge on any atom is 0.343 e. The topological polar surface area (TPSA) is 59.9 Å². The molecule has 0 spiro atoms. The number of para-hydroxylation sites is 1. The van der Waals surface area contributed by atoms with E-state index in [9.17, 15) is 4.79 Å². The number of fused-ring (bicyclic) bond motifs is 3. The van der Waals surface area contributed by atoms with Crippen LogP contribution in [0.15, 0.2) is 65.5 Å². The van der Waals surface area contributed by atoms with E-state index >= 15 is 0 Å². The summed E-state index contributed by atoms with van der Waals surface area (Å²) in [7, 11) is 0. The van der Waals surface area contributed by atoms with E-state index in [1.165, 1.54) is 10.4 Å². The first-order chi connectivity index (χ1) is 13.3. The molecule has 1 aliphatic heterocycles. The largest absolute Gasteiger partial charge is 0.493 e. The van der Waals surface area contributed by atoms with Crippen LogP contribution in [0.4, 0.5) is 0 Å². The van der Waals surface area contributed by atoms with Crippen molar-refractivity contribution in [2.24, 2.45) is 0 Å². The molecule has 0 amide bonds. The van der Waals surface area contributed by atoms with Crippen molar-refractivity contribution in [2.75, 3.05) is 6.61 Å². The number of nitrogens with one attached hydrogen (secondary N) is 1. The minimum Gasteiger partial charge on any atom is -0.493 e. The lowest BCUT2D eigenvalue weighted by Gasteiger charge is -2.06. The lowest BCUT2D eigenvalue weighted by molar-refractivity contribution is 0.326. The third kappa shape index (κ3) is 2.88. The minimum atomic E-state index is -0.193. The fourth-order valence-corrected chi connectivity index (χ4v) is 4.66. The predicted molar refractivity (Wildman–Crippen MR) is 106 cm³/mol. The molecule has 1 aliphatic rings.